The van der Waals surface area contributed by atoms with Gasteiger partial charge in [0.2, 0.25) is 11.8 Å². The van der Waals surface area contributed by atoms with E-state index in [0.717, 1.165) is 88.1 Å². The average Bonchev–Trinajstić information content (AvgIpc) is 3.44. The van der Waals surface area contributed by atoms with Gasteiger partial charge in [-0.05, 0) is 66.5 Å². The summed E-state index contributed by atoms with van der Waals surface area (Å²) in [6.45, 7) is 9.20. The molecule has 7 heterocycles. The van der Waals surface area contributed by atoms with Gasteiger partial charge in [0.1, 0.15) is 18.0 Å². The van der Waals surface area contributed by atoms with Crippen LogP contribution in [0, 0.1) is 23.7 Å². The number of fused-ring (bicyclic) bond motifs is 5. The molecule has 3 N–H and O–H groups in total. The smallest absolute Gasteiger partial charge is 0.255 e. The van der Waals surface area contributed by atoms with E-state index >= 15 is 4.39 Å². The number of likely N-dealkylation sites (tertiary alicyclic amines) is 1. The van der Waals surface area contributed by atoms with E-state index in [0.29, 0.717) is 60.1 Å². The van der Waals surface area contributed by atoms with Gasteiger partial charge < -0.3 is 30.0 Å². The van der Waals surface area contributed by atoms with E-state index in [2.05, 4.69) is 40.4 Å². The molecule has 282 valence electrons. The average molecular weight is 736 g/mol. The Morgan fingerprint density at radius 2 is 1.70 bits per heavy atom. The molecule has 10 rings (SSSR count). The van der Waals surface area contributed by atoms with Crippen molar-refractivity contribution >= 4 is 34.9 Å². The first-order valence-electron chi connectivity index (χ1n) is 19.6. The molecule has 54 heavy (non-hydrogen) atoms. The van der Waals surface area contributed by atoms with Crippen LogP contribution < -0.4 is 20.4 Å². The Balaban J connectivity index is 0.695. The van der Waals surface area contributed by atoms with Crippen LogP contribution in [0.5, 0.6) is 5.75 Å². The fourth-order valence-corrected chi connectivity index (χ4v) is 10.3. The number of phenols is 1. The molecule has 3 aromatic rings. The van der Waals surface area contributed by atoms with E-state index in [1.54, 1.807) is 11.0 Å². The lowest BCUT2D eigenvalue weighted by molar-refractivity contribution is -0.136. The van der Waals surface area contributed by atoms with Crippen LogP contribution in [0.1, 0.15) is 35.2 Å². The topological polar surface area (TPSA) is 137 Å². The molecule has 1 saturated carbocycles. The van der Waals surface area contributed by atoms with Crippen LogP contribution in [-0.2, 0) is 16.1 Å². The minimum absolute atomic E-state index is 0.00194. The highest BCUT2D eigenvalue weighted by molar-refractivity contribution is 6.05. The molecule has 1 aromatic heterocycles. The fraction of sp³-hybridized carbons (Fsp3) is 0.525. The van der Waals surface area contributed by atoms with Crippen molar-refractivity contribution < 1.29 is 23.9 Å². The van der Waals surface area contributed by atoms with E-state index < -0.39 is 18.1 Å². The largest absolute Gasteiger partial charge is 0.507 e. The summed E-state index contributed by atoms with van der Waals surface area (Å²) in [5.74, 6) is 2.21. The second-order valence-electron chi connectivity index (χ2n) is 16.4. The van der Waals surface area contributed by atoms with Gasteiger partial charge in [-0.15, -0.1) is 10.2 Å². The maximum atomic E-state index is 15.8. The number of anilines is 3. The number of nitrogens with one attached hydrogen (secondary N) is 2. The summed E-state index contributed by atoms with van der Waals surface area (Å²) >= 11 is 0. The number of piperidine rings is 3. The molecule has 4 saturated heterocycles. The highest BCUT2D eigenvalue weighted by Gasteiger charge is 2.56. The fourth-order valence-electron chi connectivity index (χ4n) is 10.3. The Bertz CT molecular complexity index is 2000. The molecule has 0 spiro atoms. The van der Waals surface area contributed by atoms with E-state index in [1.165, 1.54) is 0 Å². The summed E-state index contributed by atoms with van der Waals surface area (Å²) in [6.07, 6.45) is 0.386. The number of carbonyl (C=O) groups excluding carboxylic acids is 3. The lowest BCUT2D eigenvalue weighted by Gasteiger charge is -2.46. The molecule has 1 aliphatic carbocycles. The summed E-state index contributed by atoms with van der Waals surface area (Å²) in [6, 6.07) is 14.8. The minimum Gasteiger partial charge on any atom is -0.507 e. The van der Waals surface area contributed by atoms with Gasteiger partial charge in [0, 0.05) is 101 Å². The van der Waals surface area contributed by atoms with Gasteiger partial charge >= 0.3 is 0 Å². The van der Waals surface area contributed by atoms with E-state index in [9.17, 15) is 19.5 Å². The molecular formula is C40H46FN9O4. The SMILES string of the molecule is O=C1CCC(N2Cc3ccc(N4CC[C@H](CN5C[C@@H]6[C@H](C5)[C@H]6CN5CCN6c7cc(-c8ccccc8O)nnc7NC[C@H]6C5)[C@@H](F)C4)cc3C2=O)C(=O)N1. The standard InChI is InChI=1S/C40H46FN9O4/c41-32-22-48(25-6-5-23-17-50(40(54)28(23)13-25)34-7-8-37(52)43-39(34)53)10-9-24(32)16-47-20-30-29(31(30)21-47)19-46-11-12-49-26(18-46)15-42-38-35(49)14-33(44-45-38)27-3-1-2-4-36(27)51/h1-6,13-14,24,26,29-32,34,51H,7-12,15-22H2,(H,42,45)(H,43,52,53)/t24-,26+,29-,30-,31+,32+,34?/m1/s1. The zero-order valence-corrected chi connectivity index (χ0v) is 30.2. The predicted molar refractivity (Wildman–Crippen MR) is 200 cm³/mol. The van der Waals surface area contributed by atoms with Crippen LogP contribution in [0.15, 0.2) is 48.5 Å². The minimum atomic E-state index is -0.943. The maximum Gasteiger partial charge on any atom is 0.255 e. The van der Waals surface area contributed by atoms with Crippen molar-refractivity contribution in [2.75, 3.05) is 80.6 Å². The number of amides is 3. The normalized spacial score (nSPS) is 30.7. The lowest BCUT2D eigenvalue weighted by atomic mass is 9.93. The third-order valence-corrected chi connectivity index (χ3v) is 13.3. The van der Waals surface area contributed by atoms with Crippen LogP contribution in [0.2, 0.25) is 0 Å². The number of rotatable bonds is 7. The number of hydrogen-bond acceptors (Lipinski definition) is 11. The lowest BCUT2D eigenvalue weighted by Crippen LogP contribution is -2.58. The Morgan fingerprint density at radius 3 is 2.52 bits per heavy atom. The number of phenolic OH excluding ortho intramolecular Hbond substituents is 1. The number of aromatic nitrogens is 2. The van der Waals surface area contributed by atoms with Crippen LogP contribution in [0.4, 0.5) is 21.6 Å². The van der Waals surface area contributed by atoms with Crippen molar-refractivity contribution in [3.63, 3.8) is 0 Å². The van der Waals surface area contributed by atoms with Crippen molar-refractivity contribution in [3.8, 4) is 17.0 Å². The molecule has 2 aromatic carbocycles. The third kappa shape index (κ3) is 5.94. The molecule has 7 atom stereocenters. The monoisotopic (exact) mass is 735 g/mol. The first-order valence-corrected chi connectivity index (χ1v) is 19.6. The van der Waals surface area contributed by atoms with Gasteiger partial charge in [-0.2, -0.15) is 0 Å². The van der Waals surface area contributed by atoms with Crippen molar-refractivity contribution in [2.45, 2.75) is 44.1 Å². The molecular weight excluding hydrogens is 689 g/mol. The van der Waals surface area contributed by atoms with Gasteiger partial charge in [-0.1, -0.05) is 18.2 Å². The maximum absolute atomic E-state index is 15.8. The van der Waals surface area contributed by atoms with Crippen LogP contribution >= 0.6 is 0 Å². The van der Waals surface area contributed by atoms with E-state index in [-0.39, 0.29) is 29.9 Å². The third-order valence-electron chi connectivity index (χ3n) is 13.3. The molecule has 1 unspecified atom stereocenters. The number of para-hydroxylation sites is 1. The van der Waals surface area contributed by atoms with Crippen molar-refractivity contribution in [1.82, 2.24) is 30.2 Å². The molecule has 0 bridgehead atoms. The molecule has 6 aliphatic heterocycles. The van der Waals surface area contributed by atoms with Crippen molar-refractivity contribution in [1.29, 1.82) is 0 Å². The summed E-state index contributed by atoms with van der Waals surface area (Å²) in [5, 5.41) is 25.1. The number of alkyl halides is 1. The first-order chi connectivity index (χ1) is 26.3. The van der Waals surface area contributed by atoms with Crippen LogP contribution in [-0.4, -0.2) is 131 Å². The van der Waals surface area contributed by atoms with E-state index in [4.69, 9.17) is 0 Å². The number of benzene rings is 2. The predicted octanol–water partition coefficient (Wildman–Crippen LogP) is 2.57. The quantitative estimate of drug-likeness (QED) is 0.309. The molecule has 7 aliphatic rings. The van der Waals surface area contributed by atoms with Crippen LogP contribution in [0.3, 0.4) is 0 Å². The Morgan fingerprint density at radius 1 is 0.852 bits per heavy atom. The van der Waals surface area contributed by atoms with Gasteiger partial charge in [-0.3, -0.25) is 24.6 Å². The Hall–Kier alpha value is -4.82. The Labute approximate surface area is 313 Å². The molecule has 13 nitrogen and oxygen atoms in total. The highest BCUT2D eigenvalue weighted by Crippen LogP contribution is 2.52. The molecule has 14 heteroatoms. The van der Waals surface area contributed by atoms with Crippen LogP contribution in [0.25, 0.3) is 11.3 Å². The zero-order valence-electron chi connectivity index (χ0n) is 30.2. The Kier molecular flexibility index (Phi) is 8.24. The van der Waals surface area contributed by atoms with Crippen molar-refractivity contribution in [2.24, 2.45) is 23.7 Å². The molecule has 5 fully saturated rings. The summed E-state index contributed by atoms with van der Waals surface area (Å²) < 4.78 is 15.8. The van der Waals surface area contributed by atoms with Gasteiger partial charge in [0.25, 0.3) is 5.91 Å². The summed E-state index contributed by atoms with van der Waals surface area (Å²) in [5.41, 5.74) is 4.69. The van der Waals surface area contributed by atoms with Gasteiger partial charge in [0.05, 0.1) is 17.4 Å². The van der Waals surface area contributed by atoms with Crippen molar-refractivity contribution in [3.05, 3.63) is 59.7 Å². The molecule has 3 amide bonds. The zero-order chi connectivity index (χ0) is 36.7. The van der Waals surface area contributed by atoms with Gasteiger partial charge in [0.15, 0.2) is 5.82 Å². The number of nitrogens with zero attached hydrogens (tertiary/aromatic N) is 7. The second-order valence-corrected chi connectivity index (χ2v) is 16.4. The highest BCUT2D eigenvalue weighted by atomic mass is 19.1. The first kappa shape index (κ1) is 33.7. The number of imide groups is 1. The van der Waals surface area contributed by atoms with E-state index in [1.807, 2.05) is 42.5 Å². The number of carbonyl (C=O) groups is 3. The number of halogens is 1. The summed E-state index contributed by atoms with van der Waals surface area (Å²) in [4.78, 5) is 48.6. The second kappa shape index (κ2) is 13.2. The number of aromatic hydroxyl groups is 1. The van der Waals surface area contributed by atoms with Gasteiger partial charge in [-0.25, -0.2) is 4.39 Å². The summed E-state index contributed by atoms with van der Waals surface area (Å²) in [7, 11) is 0. The molecule has 0 radical (unpaired) electrons. The number of hydrogen-bond donors (Lipinski definition) is 3. The number of piperazine rings is 1.